The molecule has 0 unspecified atom stereocenters. The molecule has 9 heteroatoms. The normalized spacial score (nSPS) is 10.4. The molecule has 0 spiro atoms. The summed E-state index contributed by atoms with van der Waals surface area (Å²) in [7, 11) is 1.45. The third-order valence-corrected chi connectivity index (χ3v) is 4.39. The molecule has 1 aromatic carbocycles. The summed E-state index contributed by atoms with van der Waals surface area (Å²) in [5, 5.41) is 15.8. The summed E-state index contributed by atoms with van der Waals surface area (Å²) >= 11 is 0. The molecule has 4 aromatic rings. The molecule has 0 radical (unpaired) electrons. The predicted octanol–water partition coefficient (Wildman–Crippen LogP) is 3.36. The minimum atomic E-state index is -0.394. The molecule has 0 saturated carbocycles. The number of nitriles is 1. The van der Waals surface area contributed by atoms with Crippen LogP contribution in [0.4, 0.5) is 5.69 Å². The number of anilines is 1. The van der Waals surface area contributed by atoms with Gasteiger partial charge in [-0.1, -0.05) is 35.5 Å². The molecule has 0 bridgehead atoms. The Kier molecular flexibility index (Phi) is 4.97. The number of ether oxygens (including phenoxy) is 1. The molecule has 3 heterocycles. The maximum atomic E-state index is 13.0. The second-order valence-electron chi connectivity index (χ2n) is 6.29. The predicted molar refractivity (Wildman–Crippen MR) is 107 cm³/mol. The van der Waals surface area contributed by atoms with Crippen molar-refractivity contribution in [2.75, 3.05) is 12.4 Å². The van der Waals surface area contributed by atoms with Crippen molar-refractivity contribution in [3.05, 3.63) is 72.0 Å². The highest BCUT2D eigenvalue weighted by molar-refractivity contribution is 6.09. The quantitative estimate of drug-likeness (QED) is 0.545. The number of rotatable bonds is 5. The summed E-state index contributed by atoms with van der Waals surface area (Å²) in [6.07, 6.45) is 3.03. The van der Waals surface area contributed by atoms with Crippen molar-refractivity contribution in [1.29, 1.82) is 5.26 Å². The van der Waals surface area contributed by atoms with E-state index in [1.807, 2.05) is 36.4 Å². The number of nitrogens with zero attached hydrogens (tertiary/aromatic N) is 5. The van der Waals surface area contributed by atoms with Crippen molar-refractivity contribution in [1.82, 2.24) is 19.7 Å². The summed E-state index contributed by atoms with van der Waals surface area (Å²) in [6.45, 7) is 1.68. The molecule has 0 aliphatic rings. The number of benzene rings is 1. The number of carbonyl (C=O) groups excluding carboxylic acids is 1. The van der Waals surface area contributed by atoms with Crippen LogP contribution in [0, 0.1) is 18.3 Å². The van der Waals surface area contributed by atoms with E-state index in [1.54, 1.807) is 29.8 Å². The maximum absolute atomic E-state index is 13.0. The first-order valence-corrected chi connectivity index (χ1v) is 8.93. The number of carbonyl (C=O) groups is 1. The molecule has 1 amide bonds. The molecule has 4 rings (SSSR count). The van der Waals surface area contributed by atoms with Crippen LogP contribution in [0.1, 0.15) is 21.8 Å². The van der Waals surface area contributed by atoms with Gasteiger partial charge < -0.3 is 14.6 Å². The van der Waals surface area contributed by atoms with Gasteiger partial charge in [0.05, 0.1) is 7.11 Å². The smallest absolute Gasteiger partial charge is 0.261 e. The van der Waals surface area contributed by atoms with E-state index in [-0.39, 0.29) is 11.6 Å². The summed E-state index contributed by atoms with van der Waals surface area (Å²) in [6, 6.07) is 14.6. The Morgan fingerprint density at radius 2 is 2.03 bits per heavy atom. The molecule has 0 saturated heterocycles. The summed E-state index contributed by atoms with van der Waals surface area (Å²) in [5.74, 6) is 0.709. The lowest BCUT2D eigenvalue weighted by Gasteiger charge is -2.11. The van der Waals surface area contributed by atoms with Gasteiger partial charge in [0, 0.05) is 11.8 Å². The van der Waals surface area contributed by atoms with Crippen LogP contribution >= 0.6 is 0 Å². The average molecular weight is 400 g/mol. The lowest BCUT2D eigenvalue weighted by atomic mass is 10.1. The third kappa shape index (κ3) is 3.49. The van der Waals surface area contributed by atoms with Gasteiger partial charge in [-0.25, -0.2) is 4.98 Å². The fourth-order valence-electron chi connectivity index (χ4n) is 2.95. The Bertz CT molecular complexity index is 1250. The van der Waals surface area contributed by atoms with Crippen LogP contribution < -0.4 is 10.1 Å². The van der Waals surface area contributed by atoms with Crippen LogP contribution in [0.3, 0.4) is 0 Å². The number of methoxy groups -OCH3 is 1. The standard InChI is InChI=1S/C21H16N6O3/c1-13-18(19(26-30-13)14-6-4-3-5-7-14)20(28)24-16-8-9-17(25-21(16)29-2)27-11-15(10-22)23-12-27/h3-9,11-12H,1-2H3,(H,24,28). The average Bonchev–Trinajstić information content (AvgIpc) is 3.41. The van der Waals surface area contributed by atoms with Gasteiger partial charge in [0.15, 0.2) is 5.69 Å². The van der Waals surface area contributed by atoms with Crippen LogP contribution in [-0.4, -0.2) is 32.7 Å². The van der Waals surface area contributed by atoms with Gasteiger partial charge in [0.1, 0.15) is 40.9 Å². The SMILES string of the molecule is COc1nc(-n2cnc(C#N)c2)ccc1NC(=O)c1c(-c2ccccc2)noc1C. The lowest BCUT2D eigenvalue weighted by molar-refractivity contribution is 0.102. The van der Waals surface area contributed by atoms with Crippen LogP contribution in [0.5, 0.6) is 5.88 Å². The zero-order valence-corrected chi connectivity index (χ0v) is 16.2. The van der Waals surface area contributed by atoms with Gasteiger partial charge in [0.2, 0.25) is 5.88 Å². The Hall–Kier alpha value is -4.45. The fourth-order valence-corrected chi connectivity index (χ4v) is 2.95. The van der Waals surface area contributed by atoms with E-state index in [4.69, 9.17) is 14.5 Å². The van der Waals surface area contributed by atoms with Crippen LogP contribution in [0.2, 0.25) is 0 Å². The monoisotopic (exact) mass is 400 g/mol. The van der Waals surface area contributed by atoms with E-state index in [1.165, 1.54) is 13.4 Å². The minimum absolute atomic E-state index is 0.212. The van der Waals surface area contributed by atoms with Gasteiger partial charge in [-0.2, -0.15) is 10.2 Å². The number of amides is 1. The van der Waals surface area contributed by atoms with E-state index < -0.39 is 5.91 Å². The van der Waals surface area contributed by atoms with Crippen LogP contribution in [0.25, 0.3) is 17.1 Å². The van der Waals surface area contributed by atoms with E-state index >= 15 is 0 Å². The van der Waals surface area contributed by atoms with E-state index in [2.05, 4.69) is 20.4 Å². The Labute approximate surface area is 171 Å². The number of hydrogen-bond acceptors (Lipinski definition) is 7. The zero-order chi connectivity index (χ0) is 21.1. The molecule has 30 heavy (non-hydrogen) atoms. The molecule has 0 aliphatic carbocycles. The van der Waals surface area contributed by atoms with Crippen molar-refractivity contribution in [2.45, 2.75) is 6.92 Å². The van der Waals surface area contributed by atoms with Crippen molar-refractivity contribution >= 4 is 11.6 Å². The Balaban J connectivity index is 1.64. The second-order valence-corrected chi connectivity index (χ2v) is 6.29. The van der Waals surface area contributed by atoms with Gasteiger partial charge in [-0.15, -0.1) is 0 Å². The first kappa shape index (κ1) is 18.9. The summed E-state index contributed by atoms with van der Waals surface area (Å²) in [5.41, 5.74) is 2.21. The Morgan fingerprint density at radius 3 is 2.73 bits per heavy atom. The number of aromatic nitrogens is 4. The molecule has 0 aliphatic heterocycles. The fraction of sp³-hybridized carbons (Fsp3) is 0.0952. The first-order chi connectivity index (χ1) is 14.6. The minimum Gasteiger partial charge on any atom is -0.479 e. The molecule has 148 valence electrons. The van der Waals surface area contributed by atoms with E-state index in [9.17, 15) is 4.79 Å². The van der Waals surface area contributed by atoms with Crippen molar-refractivity contribution in [3.63, 3.8) is 0 Å². The highest BCUT2D eigenvalue weighted by atomic mass is 16.5. The number of nitrogens with one attached hydrogen (secondary N) is 1. The number of imidazole rings is 1. The molecule has 3 aromatic heterocycles. The van der Waals surface area contributed by atoms with Crippen LogP contribution in [0.15, 0.2) is 59.5 Å². The molecule has 0 fully saturated rings. The van der Waals surface area contributed by atoms with Crippen LogP contribution in [-0.2, 0) is 0 Å². The lowest BCUT2D eigenvalue weighted by Crippen LogP contribution is -2.15. The number of aryl methyl sites for hydroxylation is 1. The van der Waals surface area contributed by atoms with Crippen molar-refractivity contribution in [2.24, 2.45) is 0 Å². The summed E-state index contributed by atoms with van der Waals surface area (Å²) in [4.78, 5) is 21.3. The first-order valence-electron chi connectivity index (χ1n) is 8.93. The third-order valence-electron chi connectivity index (χ3n) is 4.39. The van der Waals surface area contributed by atoms with E-state index in [0.29, 0.717) is 28.5 Å². The molecule has 9 nitrogen and oxygen atoms in total. The highest BCUT2D eigenvalue weighted by Crippen LogP contribution is 2.28. The molecule has 1 N–H and O–H groups in total. The maximum Gasteiger partial charge on any atom is 0.261 e. The number of pyridine rings is 1. The van der Waals surface area contributed by atoms with Gasteiger partial charge in [-0.05, 0) is 19.1 Å². The van der Waals surface area contributed by atoms with E-state index in [0.717, 1.165) is 5.56 Å². The topological polar surface area (TPSA) is 119 Å². The van der Waals surface area contributed by atoms with Crippen molar-refractivity contribution in [3.8, 4) is 29.0 Å². The van der Waals surface area contributed by atoms with Gasteiger partial charge >= 0.3 is 0 Å². The molecular weight excluding hydrogens is 384 g/mol. The highest BCUT2D eigenvalue weighted by Gasteiger charge is 2.23. The molecule has 0 atom stereocenters. The zero-order valence-electron chi connectivity index (χ0n) is 16.2. The van der Waals surface area contributed by atoms with Gasteiger partial charge in [-0.3, -0.25) is 9.36 Å². The Morgan fingerprint density at radius 1 is 1.23 bits per heavy atom. The second kappa shape index (κ2) is 7.89. The van der Waals surface area contributed by atoms with Crippen molar-refractivity contribution < 1.29 is 14.1 Å². The molecular formula is C21H16N6O3. The number of hydrogen-bond donors (Lipinski definition) is 1. The largest absolute Gasteiger partial charge is 0.479 e. The summed E-state index contributed by atoms with van der Waals surface area (Å²) < 4.78 is 12.2. The van der Waals surface area contributed by atoms with Gasteiger partial charge in [0.25, 0.3) is 5.91 Å².